The van der Waals surface area contributed by atoms with Crippen LogP contribution in [-0.4, -0.2) is 23.2 Å². The smallest absolute Gasteiger partial charge is 0.319 e. The Labute approximate surface area is 151 Å². The van der Waals surface area contributed by atoms with Gasteiger partial charge < -0.3 is 10.1 Å². The van der Waals surface area contributed by atoms with Crippen molar-refractivity contribution >= 4 is 29.3 Å². The Hall–Kier alpha value is -2.78. The number of para-hydroxylation sites is 1. The SMILES string of the molecule is C[C@H](OC(=O)[C@@H](C)Sc1ccccc1)C(=O)Nc1ccccc1C#N. The monoisotopic (exact) mass is 354 g/mol. The number of carbonyl (C=O) groups excluding carboxylic acids is 2. The lowest BCUT2D eigenvalue weighted by atomic mass is 10.2. The number of esters is 1. The average molecular weight is 354 g/mol. The molecule has 2 aromatic carbocycles. The topological polar surface area (TPSA) is 79.2 Å². The Kier molecular flexibility index (Phi) is 6.61. The number of nitrogens with zero attached hydrogens (tertiary/aromatic N) is 1. The molecule has 5 nitrogen and oxygen atoms in total. The molecule has 0 radical (unpaired) electrons. The molecule has 0 aliphatic carbocycles. The summed E-state index contributed by atoms with van der Waals surface area (Å²) in [5.74, 6) is -0.946. The molecule has 0 unspecified atom stereocenters. The summed E-state index contributed by atoms with van der Waals surface area (Å²) in [6.45, 7) is 3.23. The third-order valence-corrected chi connectivity index (χ3v) is 4.45. The van der Waals surface area contributed by atoms with Crippen molar-refractivity contribution in [2.24, 2.45) is 0 Å². The van der Waals surface area contributed by atoms with Gasteiger partial charge in [-0.05, 0) is 38.1 Å². The van der Waals surface area contributed by atoms with Gasteiger partial charge in [-0.3, -0.25) is 9.59 Å². The van der Waals surface area contributed by atoms with Crippen LogP contribution in [0.15, 0.2) is 59.5 Å². The lowest BCUT2D eigenvalue weighted by Crippen LogP contribution is -2.32. The number of rotatable bonds is 6. The number of anilines is 1. The molecule has 0 heterocycles. The van der Waals surface area contributed by atoms with Crippen LogP contribution in [0.5, 0.6) is 0 Å². The zero-order valence-electron chi connectivity index (χ0n) is 13.9. The minimum Gasteiger partial charge on any atom is -0.452 e. The molecule has 0 aliphatic heterocycles. The normalized spacial score (nSPS) is 12.5. The second kappa shape index (κ2) is 8.90. The number of benzene rings is 2. The largest absolute Gasteiger partial charge is 0.452 e. The molecule has 1 amide bonds. The van der Waals surface area contributed by atoms with Crippen molar-refractivity contribution in [2.45, 2.75) is 30.1 Å². The standard InChI is InChI=1S/C19H18N2O3S/c1-13(18(22)21-17-11-7-6-8-15(17)12-20)24-19(23)14(2)25-16-9-4-3-5-10-16/h3-11,13-14H,1-2H3,(H,21,22)/t13-,14+/m0/s1. The first kappa shape index (κ1) is 18.6. The van der Waals surface area contributed by atoms with E-state index in [0.717, 1.165) is 4.90 Å². The maximum absolute atomic E-state index is 12.2. The Morgan fingerprint density at radius 3 is 2.40 bits per heavy atom. The van der Waals surface area contributed by atoms with Crippen LogP contribution in [0.2, 0.25) is 0 Å². The maximum Gasteiger partial charge on any atom is 0.319 e. The van der Waals surface area contributed by atoms with E-state index in [2.05, 4.69) is 5.32 Å². The lowest BCUT2D eigenvalue weighted by molar-refractivity contribution is -0.152. The van der Waals surface area contributed by atoms with E-state index >= 15 is 0 Å². The molecule has 0 saturated carbocycles. The van der Waals surface area contributed by atoms with E-state index in [0.29, 0.717) is 11.3 Å². The number of amides is 1. The molecule has 2 rings (SSSR count). The Bertz CT molecular complexity index is 787. The number of carbonyl (C=O) groups is 2. The van der Waals surface area contributed by atoms with Gasteiger partial charge in [-0.1, -0.05) is 30.3 Å². The quantitative estimate of drug-likeness (QED) is 0.633. The van der Waals surface area contributed by atoms with Gasteiger partial charge in [0.25, 0.3) is 5.91 Å². The predicted octanol–water partition coefficient (Wildman–Crippen LogP) is 3.61. The van der Waals surface area contributed by atoms with Crippen LogP contribution in [0.1, 0.15) is 19.4 Å². The van der Waals surface area contributed by atoms with Crippen LogP contribution < -0.4 is 5.32 Å². The number of nitrogens with one attached hydrogen (secondary N) is 1. The highest BCUT2D eigenvalue weighted by Crippen LogP contribution is 2.24. The van der Waals surface area contributed by atoms with Crippen LogP contribution in [0, 0.1) is 11.3 Å². The minimum absolute atomic E-state index is 0.349. The molecule has 0 aromatic heterocycles. The van der Waals surface area contributed by atoms with Crippen molar-refractivity contribution in [3.8, 4) is 6.07 Å². The van der Waals surface area contributed by atoms with Crippen LogP contribution in [0.3, 0.4) is 0 Å². The van der Waals surface area contributed by atoms with Gasteiger partial charge in [0.15, 0.2) is 6.10 Å². The molecular formula is C19H18N2O3S. The van der Waals surface area contributed by atoms with Crippen molar-refractivity contribution < 1.29 is 14.3 Å². The Morgan fingerprint density at radius 2 is 1.72 bits per heavy atom. The summed E-state index contributed by atoms with van der Waals surface area (Å²) in [6, 6.07) is 18.1. The molecule has 0 spiro atoms. The van der Waals surface area contributed by atoms with Gasteiger partial charge in [-0.25, -0.2) is 0 Å². The summed E-state index contributed by atoms with van der Waals surface area (Å²) in [6.07, 6.45) is -0.960. The molecular weight excluding hydrogens is 336 g/mol. The van der Waals surface area contributed by atoms with Crippen molar-refractivity contribution in [3.05, 3.63) is 60.2 Å². The van der Waals surface area contributed by atoms with E-state index in [-0.39, 0.29) is 0 Å². The fourth-order valence-electron chi connectivity index (χ4n) is 2.00. The highest BCUT2D eigenvalue weighted by molar-refractivity contribution is 8.00. The fourth-order valence-corrected chi connectivity index (χ4v) is 2.87. The lowest BCUT2D eigenvalue weighted by Gasteiger charge is -2.17. The Morgan fingerprint density at radius 1 is 1.08 bits per heavy atom. The molecule has 128 valence electrons. The number of nitriles is 1. The number of ether oxygens (including phenoxy) is 1. The van der Waals surface area contributed by atoms with E-state index < -0.39 is 23.2 Å². The molecule has 6 heteroatoms. The molecule has 2 aromatic rings. The van der Waals surface area contributed by atoms with E-state index in [9.17, 15) is 9.59 Å². The second-order valence-electron chi connectivity index (χ2n) is 5.30. The average Bonchev–Trinajstić information content (AvgIpc) is 2.62. The summed E-state index contributed by atoms with van der Waals surface area (Å²) >= 11 is 1.37. The molecule has 0 fully saturated rings. The molecule has 1 N–H and O–H groups in total. The minimum atomic E-state index is -0.960. The van der Waals surface area contributed by atoms with Gasteiger partial charge in [0.2, 0.25) is 0 Å². The van der Waals surface area contributed by atoms with Crippen molar-refractivity contribution in [3.63, 3.8) is 0 Å². The molecule has 0 bridgehead atoms. The van der Waals surface area contributed by atoms with Gasteiger partial charge in [-0.2, -0.15) is 5.26 Å². The zero-order chi connectivity index (χ0) is 18.2. The van der Waals surface area contributed by atoms with Crippen molar-refractivity contribution in [2.75, 3.05) is 5.32 Å². The summed E-state index contributed by atoms with van der Waals surface area (Å²) in [4.78, 5) is 25.3. The first-order chi connectivity index (χ1) is 12.0. The number of hydrogen-bond donors (Lipinski definition) is 1. The third-order valence-electron chi connectivity index (χ3n) is 3.36. The third kappa shape index (κ3) is 5.37. The van der Waals surface area contributed by atoms with Crippen LogP contribution in [0.25, 0.3) is 0 Å². The highest BCUT2D eigenvalue weighted by atomic mass is 32.2. The van der Waals surface area contributed by atoms with Gasteiger partial charge in [0, 0.05) is 4.90 Å². The van der Waals surface area contributed by atoms with Gasteiger partial charge in [0.05, 0.1) is 11.3 Å². The highest BCUT2D eigenvalue weighted by Gasteiger charge is 2.23. The van der Waals surface area contributed by atoms with Gasteiger partial charge in [0.1, 0.15) is 11.3 Å². The van der Waals surface area contributed by atoms with E-state index in [1.54, 1.807) is 31.2 Å². The van der Waals surface area contributed by atoms with E-state index in [1.165, 1.54) is 18.7 Å². The summed E-state index contributed by atoms with van der Waals surface area (Å²) in [5.41, 5.74) is 0.743. The predicted molar refractivity (Wildman–Crippen MR) is 97.1 cm³/mol. The van der Waals surface area contributed by atoms with Gasteiger partial charge in [-0.15, -0.1) is 11.8 Å². The van der Waals surface area contributed by atoms with E-state index in [1.807, 2.05) is 36.4 Å². The van der Waals surface area contributed by atoms with Gasteiger partial charge >= 0.3 is 5.97 Å². The second-order valence-corrected chi connectivity index (χ2v) is 6.71. The van der Waals surface area contributed by atoms with Crippen LogP contribution in [-0.2, 0) is 14.3 Å². The molecule has 0 saturated heterocycles. The first-order valence-corrected chi connectivity index (χ1v) is 8.61. The van der Waals surface area contributed by atoms with Crippen LogP contribution in [0.4, 0.5) is 5.69 Å². The Balaban J connectivity index is 1.92. The summed E-state index contributed by atoms with van der Waals surface area (Å²) < 4.78 is 5.24. The maximum atomic E-state index is 12.2. The zero-order valence-corrected chi connectivity index (χ0v) is 14.7. The van der Waals surface area contributed by atoms with Crippen LogP contribution >= 0.6 is 11.8 Å². The molecule has 2 atom stereocenters. The first-order valence-electron chi connectivity index (χ1n) is 7.73. The van der Waals surface area contributed by atoms with Crippen molar-refractivity contribution in [1.29, 1.82) is 5.26 Å². The summed E-state index contributed by atoms with van der Waals surface area (Å²) in [7, 11) is 0. The molecule has 25 heavy (non-hydrogen) atoms. The molecule has 0 aliphatic rings. The van der Waals surface area contributed by atoms with E-state index in [4.69, 9.17) is 10.00 Å². The number of hydrogen-bond acceptors (Lipinski definition) is 5. The fraction of sp³-hybridized carbons (Fsp3) is 0.211. The summed E-state index contributed by atoms with van der Waals surface area (Å²) in [5, 5.41) is 11.2. The number of thioether (sulfide) groups is 1. The van der Waals surface area contributed by atoms with Crippen molar-refractivity contribution in [1.82, 2.24) is 0 Å².